The molecule has 2 aromatic carbocycles. The molecule has 0 unspecified atom stereocenters. The van der Waals surface area contributed by atoms with Gasteiger partial charge in [0.2, 0.25) is 5.91 Å². The molecule has 0 aromatic heterocycles. The highest BCUT2D eigenvalue weighted by Crippen LogP contribution is 2.16. The number of amides is 1. The van der Waals surface area contributed by atoms with Crippen molar-refractivity contribution in [2.45, 2.75) is 11.8 Å². The largest absolute Gasteiger partial charge is 0.376 e. The number of para-hydroxylation sites is 1. The van der Waals surface area contributed by atoms with Gasteiger partial charge in [-0.3, -0.25) is 4.79 Å². The van der Waals surface area contributed by atoms with Gasteiger partial charge < -0.3 is 10.2 Å². The molecule has 0 saturated heterocycles. The standard InChI is InChI=1S/C17H20N2O3S/c1-3-19(15-9-5-4-6-10-15)17(20)13-18-14-8-7-11-16(12-14)23(2,21)22/h4-12,18H,3,13H2,1-2H3. The van der Waals surface area contributed by atoms with Crippen molar-refractivity contribution in [3.05, 3.63) is 54.6 Å². The van der Waals surface area contributed by atoms with Crippen molar-refractivity contribution in [2.24, 2.45) is 0 Å². The Kier molecular flexibility index (Phi) is 5.39. The lowest BCUT2D eigenvalue weighted by Crippen LogP contribution is -2.35. The van der Waals surface area contributed by atoms with Crippen molar-refractivity contribution in [1.29, 1.82) is 0 Å². The summed E-state index contributed by atoms with van der Waals surface area (Å²) in [5.74, 6) is -0.0801. The number of benzene rings is 2. The molecule has 0 radical (unpaired) electrons. The van der Waals surface area contributed by atoms with E-state index in [4.69, 9.17) is 0 Å². The summed E-state index contributed by atoms with van der Waals surface area (Å²) in [5, 5.41) is 2.99. The van der Waals surface area contributed by atoms with Gasteiger partial charge in [0, 0.05) is 24.2 Å². The second-order valence-electron chi connectivity index (χ2n) is 5.13. The van der Waals surface area contributed by atoms with E-state index in [1.807, 2.05) is 37.3 Å². The minimum absolute atomic E-state index is 0.0801. The van der Waals surface area contributed by atoms with Crippen LogP contribution in [0.5, 0.6) is 0 Å². The molecular formula is C17H20N2O3S. The summed E-state index contributed by atoms with van der Waals surface area (Å²) in [4.78, 5) is 14.3. The van der Waals surface area contributed by atoms with Crippen LogP contribution in [0.1, 0.15) is 6.92 Å². The first-order valence-electron chi connectivity index (χ1n) is 7.31. The van der Waals surface area contributed by atoms with Gasteiger partial charge in [-0.1, -0.05) is 24.3 Å². The molecule has 0 aliphatic carbocycles. The van der Waals surface area contributed by atoms with E-state index in [1.54, 1.807) is 17.0 Å². The third-order valence-corrected chi connectivity index (χ3v) is 4.50. The quantitative estimate of drug-likeness (QED) is 0.883. The highest BCUT2D eigenvalue weighted by Gasteiger charge is 2.13. The molecule has 2 aromatic rings. The molecule has 122 valence electrons. The van der Waals surface area contributed by atoms with Gasteiger partial charge in [0.15, 0.2) is 9.84 Å². The van der Waals surface area contributed by atoms with Crippen molar-refractivity contribution < 1.29 is 13.2 Å². The molecule has 0 spiro atoms. The number of hydrogen-bond acceptors (Lipinski definition) is 4. The first kappa shape index (κ1) is 17.0. The van der Waals surface area contributed by atoms with Gasteiger partial charge in [0.1, 0.15) is 0 Å². The molecule has 1 amide bonds. The van der Waals surface area contributed by atoms with Gasteiger partial charge in [-0.25, -0.2) is 8.42 Å². The fraction of sp³-hybridized carbons (Fsp3) is 0.235. The molecule has 2 rings (SSSR count). The average Bonchev–Trinajstić information content (AvgIpc) is 2.54. The number of carbonyl (C=O) groups excluding carboxylic acids is 1. The topological polar surface area (TPSA) is 66.5 Å². The van der Waals surface area contributed by atoms with Crippen LogP contribution in [-0.4, -0.2) is 33.7 Å². The SMILES string of the molecule is CCN(C(=O)CNc1cccc(S(C)(=O)=O)c1)c1ccccc1. The van der Waals surface area contributed by atoms with Crippen molar-refractivity contribution in [1.82, 2.24) is 0 Å². The zero-order valence-electron chi connectivity index (χ0n) is 13.2. The van der Waals surface area contributed by atoms with Crippen molar-refractivity contribution in [3.63, 3.8) is 0 Å². The summed E-state index contributed by atoms with van der Waals surface area (Å²) >= 11 is 0. The molecule has 6 heteroatoms. The van der Waals surface area contributed by atoms with E-state index >= 15 is 0 Å². The van der Waals surface area contributed by atoms with E-state index in [-0.39, 0.29) is 17.3 Å². The highest BCUT2D eigenvalue weighted by molar-refractivity contribution is 7.90. The smallest absolute Gasteiger partial charge is 0.246 e. The number of hydrogen-bond donors (Lipinski definition) is 1. The van der Waals surface area contributed by atoms with Crippen LogP contribution in [0.15, 0.2) is 59.5 Å². The van der Waals surface area contributed by atoms with Crippen molar-refractivity contribution >= 4 is 27.1 Å². The third kappa shape index (κ3) is 4.56. The summed E-state index contributed by atoms with van der Waals surface area (Å²) in [6.07, 6.45) is 1.16. The zero-order chi connectivity index (χ0) is 16.9. The Morgan fingerprint density at radius 3 is 2.39 bits per heavy atom. The Labute approximate surface area is 136 Å². The number of nitrogens with zero attached hydrogens (tertiary/aromatic N) is 1. The van der Waals surface area contributed by atoms with Crippen LogP contribution in [0, 0.1) is 0 Å². The van der Waals surface area contributed by atoms with E-state index in [2.05, 4.69) is 5.32 Å². The molecule has 0 heterocycles. The van der Waals surface area contributed by atoms with Crippen LogP contribution in [0.3, 0.4) is 0 Å². The number of likely N-dealkylation sites (N-methyl/N-ethyl adjacent to an activating group) is 1. The fourth-order valence-electron chi connectivity index (χ4n) is 2.22. The summed E-state index contributed by atoms with van der Waals surface area (Å²) in [6.45, 7) is 2.57. The molecule has 1 N–H and O–H groups in total. The number of carbonyl (C=O) groups is 1. The van der Waals surface area contributed by atoms with Crippen LogP contribution in [0.2, 0.25) is 0 Å². The minimum atomic E-state index is -3.26. The summed E-state index contributed by atoms with van der Waals surface area (Å²) in [7, 11) is -3.26. The second kappa shape index (κ2) is 7.28. The average molecular weight is 332 g/mol. The third-order valence-electron chi connectivity index (χ3n) is 3.39. The number of anilines is 2. The predicted molar refractivity (Wildman–Crippen MR) is 92.5 cm³/mol. The normalized spacial score (nSPS) is 11.0. The summed E-state index contributed by atoms with van der Waals surface area (Å²) in [6, 6.07) is 15.9. The highest BCUT2D eigenvalue weighted by atomic mass is 32.2. The van der Waals surface area contributed by atoms with E-state index < -0.39 is 9.84 Å². The van der Waals surface area contributed by atoms with Crippen molar-refractivity contribution in [2.75, 3.05) is 29.6 Å². The van der Waals surface area contributed by atoms with E-state index in [0.717, 1.165) is 11.9 Å². The lowest BCUT2D eigenvalue weighted by atomic mass is 10.2. The lowest BCUT2D eigenvalue weighted by molar-refractivity contribution is -0.116. The molecule has 23 heavy (non-hydrogen) atoms. The van der Waals surface area contributed by atoms with E-state index in [9.17, 15) is 13.2 Å². The number of sulfone groups is 1. The van der Waals surface area contributed by atoms with Gasteiger partial charge >= 0.3 is 0 Å². The molecular weight excluding hydrogens is 312 g/mol. The molecule has 0 bridgehead atoms. The fourth-order valence-corrected chi connectivity index (χ4v) is 2.89. The maximum absolute atomic E-state index is 12.4. The Balaban J connectivity index is 2.07. The Morgan fingerprint density at radius 2 is 1.78 bits per heavy atom. The zero-order valence-corrected chi connectivity index (χ0v) is 14.0. The predicted octanol–water partition coefficient (Wildman–Crippen LogP) is 2.56. The Bertz CT molecular complexity index is 773. The van der Waals surface area contributed by atoms with Gasteiger partial charge in [-0.05, 0) is 37.3 Å². The number of nitrogens with one attached hydrogen (secondary N) is 1. The lowest BCUT2D eigenvalue weighted by Gasteiger charge is -2.21. The molecule has 5 nitrogen and oxygen atoms in total. The van der Waals surface area contributed by atoms with Crippen LogP contribution in [0.25, 0.3) is 0 Å². The summed E-state index contributed by atoms with van der Waals surface area (Å²) < 4.78 is 23.1. The molecule has 0 atom stereocenters. The molecule has 0 aliphatic heterocycles. The second-order valence-corrected chi connectivity index (χ2v) is 7.14. The van der Waals surface area contributed by atoms with Gasteiger partial charge in [0.25, 0.3) is 0 Å². The Morgan fingerprint density at radius 1 is 1.09 bits per heavy atom. The minimum Gasteiger partial charge on any atom is -0.376 e. The summed E-state index contributed by atoms with van der Waals surface area (Å²) in [5.41, 5.74) is 1.44. The van der Waals surface area contributed by atoms with Crippen LogP contribution < -0.4 is 10.2 Å². The molecule has 0 saturated carbocycles. The van der Waals surface area contributed by atoms with Gasteiger partial charge in [-0.2, -0.15) is 0 Å². The monoisotopic (exact) mass is 332 g/mol. The molecule has 0 aliphatic rings. The maximum atomic E-state index is 12.4. The van der Waals surface area contributed by atoms with E-state index in [1.165, 1.54) is 12.1 Å². The first-order chi connectivity index (χ1) is 10.9. The van der Waals surface area contributed by atoms with Crippen LogP contribution in [0.4, 0.5) is 11.4 Å². The van der Waals surface area contributed by atoms with Gasteiger partial charge in [0.05, 0.1) is 11.4 Å². The Hall–Kier alpha value is -2.34. The molecule has 0 fully saturated rings. The van der Waals surface area contributed by atoms with Crippen LogP contribution >= 0.6 is 0 Å². The first-order valence-corrected chi connectivity index (χ1v) is 9.20. The van der Waals surface area contributed by atoms with Gasteiger partial charge in [-0.15, -0.1) is 0 Å². The van der Waals surface area contributed by atoms with Crippen molar-refractivity contribution in [3.8, 4) is 0 Å². The van der Waals surface area contributed by atoms with Crippen LogP contribution in [-0.2, 0) is 14.6 Å². The van der Waals surface area contributed by atoms with E-state index in [0.29, 0.717) is 12.2 Å². The number of rotatable bonds is 6. The maximum Gasteiger partial charge on any atom is 0.246 e.